The van der Waals surface area contributed by atoms with Gasteiger partial charge in [0.1, 0.15) is 17.6 Å². The Hall–Kier alpha value is -2.06. The molecule has 0 amide bonds. The van der Waals surface area contributed by atoms with Crippen molar-refractivity contribution in [1.29, 1.82) is 5.26 Å². The molecule has 1 heterocycles. The van der Waals surface area contributed by atoms with E-state index in [1.54, 1.807) is 36.7 Å². The van der Waals surface area contributed by atoms with Gasteiger partial charge in [0, 0.05) is 24.1 Å². The number of aromatic nitrogens is 1. The summed E-state index contributed by atoms with van der Waals surface area (Å²) < 4.78 is 6.34. The zero-order valence-corrected chi connectivity index (χ0v) is 10.3. The van der Waals surface area contributed by atoms with Crippen molar-refractivity contribution in [3.05, 3.63) is 46.7 Å². The highest BCUT2D eigenvalue weighted by Crippen LogP contribution is 2.31. The highest BCUT2D eigenvalue weighted by Gasteiger charge is 2.07. The van der Waals surface area contributed by atoms with Crippen molar-refractivity contribution in [3.63, 3.8) is 0 Å². The number of halogens is 1. The standard InChI is InChI=1S/C12H8BrN3O/c13-10-7-16-4-3-12(10)17-11-2-1-9(15)5-8(11)6-14/h1-5,7H,15H2. The molecule has 0 aliphatic heterocycles. The first-order valence-corrected chi connectivity index (χ1v) is 5.57. The first-order valence-electron chi connectivity index (χ1n) is 4.77. The molecular formula is C12H8BrN3O. The summed E-state index contributed by atoms with van der Waals surface area (Å²) in [7, 11) is 0. The van der Waals surface area contributed by atoms with E-state index in [4.69, 9.17) is 15.7 Å². The Morgan fingerprint density at radius 2 is 2.12 bits per heavy atom. The molecule has 0 unspecified atom stereocenters. The molecule has 0 spiro atoms. The molecule has 2 rings (SSSR count). The second-order valence-electron chi connectivity index (χ2n) is 3.28. The monoisotopic (exact) mass is 289 g/mol. The molecule has 2 N–H and O–H groups in total. The van der Waals surface area contributed by atoms with Crippen LogP contribution >= 0.6 is 15.9 Å². The van der Waals surface area contributed by atoms with Crippen LogP contribution in [0, 0.1) is 11.3 Å². The van der Waals surface area contributed by atoms with E-state index in [1.165, 1.54) is 0 Å². The number of anilines is 1. The van der Waals surface area contributed by atoms with Gasteiger partial charge in [0.25, 0.3) is 0 Å². The Bertz CT molecular complexity index is 593. The minimum atomic E-state index is 0.397. The van der Waals surface area contributed by atoms with Crippen molar-refractivity contribution in [2.75, 3.05) is 5.73 Å². The van der Waals surface area contributed by atoms with E-state index < -0.39 is 0 Å². The van der Waals surface area contributed by atoms with Crippen molar-refractivity contribution in [2.24, 2.45) is 0 Å². The van der Waals surface area contributed by atoms with Gasteiger partial charge >= 0.3 is 0 Å². The zero-order chi connectivity index (χ0) is 12.3. The molecule has 1 aromatic carbocycles. The number of rotatable bonds is 2. The van der Waals surface area contributed by atoms with Gasteiger partial charge in [0.2, 0.25) is 0 Å². The molecule has 0 saturated heterocycles. The first kappa shape index (κ1) is 11.4. The average Bonchev–Trinajstić information content (AvgIpc) is 2.34. The normalized spacial score (nSPS) is 9.65. The van der Waals surface area contributed by atoms with Crippen LogP contribution in [-0.2, 0) is 0 Å². The first-order chi connectivity index (χ1) is 8.20. The maximum Gasteiger partial charge on any atom is 0.145 e. The molecule has 5 heteroatoms. The largest absolute Gasteiger partial charge is 0.455 e. The lowest BCUT2D eigenvalue weighted by Gasteiger charge is -2.08. The molecular weight excluding hydrogens is 282 g/mol. The maximum atomic E-state index is 8.98. The van der Waals surface area contributed by atoms with Gasteiger partial charge in [-0.3, -0.25) is 4.98 Å². The van der Waals surface area contributed by atoms with Crippen molar-refractivity contribution < 1.29 is 4.74 Å². The number of ether oxygens (including phenoxy) is 1. The van der Waals surface area contributed by atoms with Gasteiger partial charge in [0.05, 0.1) is 10.0 Å². The Kier molecular flexibility index (Phi) is 3.26. The summed E-state index contributed by atoms with van der Waals surface area (Å²) in [6.45, 7) is 0. The van der Waals surface area contributed by atoms with Gasteiger partial charge < -0.3 is 10.5 Å². The fraction of sp³-hybridized carbons (Fsp3) is 0. The van der Waals surface area contributed by atoms with Crippen LogP contribution in [0.4, 0.5) is 5.69 Å². The fourth-order valence-electron chi connectivity index (χ4n) is 1.29. The summed E-state index contributed by atoms with van der Waals surface area (Å²) in [5.74, 6) is 1.06. The van der Waals surface area contributed by atoms with E-state index in [0.717, 1.165) is 4.47 Å². The molecule has 0 fully saturated rings. The zero-order valence-electron chi connectivity index (χ0n) is 8.72. The van der Waals surface area contributed by atoms with Gasteiger partial charge in [-0.1, -0.05) is 0 Å². The van der Waals surface area contributed by atoms with Crippen molar-refractivity contribution in [2.45, 2.75) is 0 Å². The minimum absolute atomic E-state index is 0.397. The van der Waals surface area contributed by atoms with Crippen LogP contribution in [0.15, 0.2) is 41.1 Å². The molecule has 17 heavy (non-hydrogen) atoms. The predicted octanol–water partition coefficient (Wildman–Crippen LogP) is 3.09. The SMILES string of the molecule is N#Cc1cc(N)ccc1Oc1ccncc1Br. The van der Waals surface area contributed by atoms with E-state index in [-0.39, 0.29) is 0 Å². The highest BCUT2D eigenvalue weighted by atomic mass is 79.9. The van der Waals surface area contributed by atoms with Crippen LogP contribution < -0.4 is 10.5 Å². The lowest BCUT2D eigenvalue weighted by atomic mass is 10.2. The van der Waals surface area contributed by atoms with E-state index >= 15 is 0 Å². The van der Waals surface area contributed by atoms with Crippen LogP contribution in [0.1, 0.15) is 5.56 Å². The lowest BCUT2D eigenvalue weighted by Crippen LogP contribution is -1.92. The average molecular weight is 290 g/mol. The van der Waals surface area contributed by atoms with E-state index in [2.05, 4.69) is 20.9 Å². The molecule has 4 nitrogen and oxygen atoms in total. The summed E-state index contributed by atoms with van der Waals surface area (Å²) in [4.78, 5) is 3.93. The van der Waals surface area contributed by atoms with Gasteiger partial charge in [-0.05, 0) is 34.1 Å². The van der Waals surface area contributed by atoms with Gasteiger partial charge in [-0.15, -0.1) is 0 Å². The van der Waals surface area contributed by atoms with E-state index in [0.29, 0.717) is 22.7 Å². The number of hydrogen-bond acceptors (Lipinski definition) is 4. The van der Waals surface area contributed by atoms with Crippen LogP contribution in [0.3, 0.4) is 0 Å². The maximum absolute atomic E-state index is 8.98. The Morgan fingerprint density at radius 3 is 2.82 bits per heavy atom. The van der Waals surface area contributed by atoms with Gasteiger partial charge in [-0.2, -0.15) is 5.26 Å². The number of nitrogens with two attached hydrogens (primary N) is 1. The molecule has 0 atom stereocenters. The number of pyridine rings is 1. The number of nitriles is 1. The quantitative estimate of drug-likeness (QED) is 0.863. The molecule has 0 aliphatic carbocycles. The number of hydrogen-bond donors (Lipinski definition) is 1. The molecule has 0 radical (unpaired) electrons. The lowest BCUT2D eigenvalue weighted by molar-refractivity contribution is 0.477. The fourth-order valence-corrected chi connectivity index (χ4v) is 1.62. The smallest absolute Gasteiger partial charge is 0.145 e. The third kappa shape index (κ3) is 2.55. The van der Waals surface area contributed by atoms with Crippen molar-refractivity contribution in [1.82, 2.24) is 4.98 Å². The summed E-state index contributed by atoms with van der Waals surface area (Å²) in [6, 6.07) is 8.68. The summed E-state index contributed by atoms with van der Waals surface area (Å²) in [5.41, 5.74) is 6.53. The molecule has 84 valence electrons. The number of nitrogens with zero attached hydrogens (tertiary/aromatic N) is 2. The number of nitrogen functional groups attached to an aromatic ring is 1. The van der Waals surface area contributed by atoms with E-state index in [9.17, 15) is 0 Å². The summed E-state index contributed by atoms with van der Waals surface area (Å²) in [6.07, 6.45) is 3.24. The van der Waals surface area contributed by atoms with Crippen LogP contribution in [-0.4, -0.2) is 4.98 Å². The molecule has 0 aliphatic rings. The topological polar surface area (TPSA) is 71.9 Å². The van der Waals surface area contributed by atoms with Gasteiger partial charge in [-0.25, -0.2) is 0 Å². The van der Waals surface area contributed by atoms with E-state index in [1.807, 2.05) is 6.07 Å². The highest BCUT2D eigenvalue weighted by molar-refractivity contribution is 9.10. The molecule has 2 aromatic rings. The molecule has 0 bridgehead atoms. The molecule has 0 saturated carbocycles. The minimum Gasteiger partial charge on any atom is -0.455 e. The summed E-state index contributed by atoms with van der Waals surface area (Å²) >= 11 is 3.32. The number of benzene rings is 1. The Balaban J connectivity index is 2.37. The van der Waals surface area contributed by atoms with Crippen molar-refractivity contribution in [3.8, 4) is 17.6 Å². The van der Waals surface area contributed by atoms with Crippen LogP contribution in [0.25, 0.3) is 0 Å². The predicted molar refractivity (Wildman–Crippen MR) is 67.6 cm³/mol. The van der Waals surface area contributed by atoms with Crippen LogP contribution in [0.2, 0.25) is 0 Å². The van der Waals surface area contributed by atoms with Crippen molar-refractivity contribution >= 4 is 21.6 Å². The molecule has 1 aromatic heterocycles. The Morgan fingerprint density at radius 1 is 1.29 bits per heavy atom. The Labute approximate surface area is 107 Å². The van der Waals surface area contributed by atoms with Crippen LogP contribution in [0.5, 0.6) is 11.5 Å². The second-order valence-corrected chi connectivity index (χ2v) is 4.13. The second kappa shape index (κ2) is 4.85. The summed E-state index contributed by atoms with van der Waals surface area (Å²) in [5, 5.41) is 8.98. The van der Waals surface area contributed by atoms with Gasteiger partial charge in [0.15, 0.2) is 0 Å². The third-order valence-corrected chi connectivity index (χ3v) is 2.67. The third-order valence-electron chi connectivity index (χ3n) is 2.08.